The highest BCUT2D eigenvalue weighted by Gasteiger charge is 2.46. The van der Waals surface area contributed by atoms with Crippen molar-refractivity contribution in [3.05, 3.63) is 0 Å². The van der Waals surface area contributed by atoms with E-state index in [2.05, 4.69) is 0 Å². The van der Waals surface area contributed by atoms with Crippen LogP contribution in [0, 0.1) is 17.3 Å². The molecule has 0 unspecified atom stereocenters. The molecule has 0 aliphatic carbocycles. The molecule has 6 heteroatoms. The molecule has 0 spiro atoms. The van der Waals surface area contributed by atoms with Gasteiger partial charge in [0.05, 0.1) is 11.8 Å². The summed E-state index contributed by atoms with van der Waals surface area (Å²) in [5.41, 5.74) is -1.34. The van der Waals surface area contributed by atoms with Gasteiger partial charge in [0, 0.05) is 13.1 Å². The quantitative estimate of drug-likeness (QED) is 0.775. The number of hydrogen-bond acceptors (Lipinski definition) is 2. The van der Waals surface area contributed by atoms with Crippen molar-refractivity contribution in [3.8, 4) is 0 Å². The van der Waals surface area contributed by atoms with Crippen LogP contribution in [0.1, 0.15) is 20.3 Å². The Morgan fingerprint density at radius 1 is 1.22 bits per heavy atom. The van der Waals surface area contributed by atoms with E-state index in [1.54, 1.807) is 4.90 Å². The number of carbonyl (C=O) groups is 1. The Morgan fingerprint density at radius 3 is 2.17 bits per heavy atom. The molecule has 0 N–H and O–H groups in total. The molecule has 0 aromatic carbocycles. The first-order chi connectivity index (χ1) is 8.19. The monoisotopic (exact) mass is 281 g/mol. The van der Waals surface area contributed by atoms with Crippen molar-refractivity contribution in [1.29, 1.82) is 0 Å². The average Bonchev–Trinajstić information content (AvgIpc) is 2.70. The van der Waals surface area contributed by atoms with Crippen molar-refractivity contribution in [2.75, 3.05) is 24.6 Å². The molecule has 2 aliphatic rings. The molecule has 1 amide bonds. The fourth-order valence-electron chi connectivity index (χ4n) is 2.86. The lowest BCUT2D eigenvalue weighted by Crippen LogP contribution is -2.42. The van der Waals surface area contributed by atoms with E-state index in [9.17, 15) is 18.0 Å². The van der Waals surface area contributed by atoms with Crippen LogP contribution in [-0.4, -0.2) is 41.6 Å². The van der Waals surface area contributed by atoms with E-state index in [0.717, 1.165) is 11.5 Å². The minimum atomic E-state index is -4.29. The highest BCUT2D eigenvalue weighted by atomic mass is 32.2. The topological polar surface area (TPSA) is 20.3 Å². The fraction of sp³-hybridized carbons (Fsp3) is 0.917. The number of amides is 1. The zero-order valence-corrected chi connectivity index (χ0v) is 11.4. The summed E-state index contributed by atoms with van der Waals surface area (Å²) in [6.07, 6.45) is -5.33. The number of halogens is 3. The summed E-state index contributed by atoms with van der Waals surface area (Å²) in [5.74, 6) is 2.70. The summed E-state index contributed by atoms with van der Waals surface area (Å²) in [7, 11) is 0. The molecule has 104 valence electrons. The molecule has 2 atom stereocenters. The second kappa shape index (κ2) is 4.62. The van der Waals surface area contributed by atoms with Crippen molar-refractivity contribution in [2.24, 2.45) is 17.3 Å². The molecule has 2 aliphatic heterocycles. The van der Waals surface area contributed by atoms with Gasteiger partial charge in [-0.1, -0.05) is 13.8 Å². The first-order valence-electron chi connectivity index (χ1n) is 6.13. The summed E-state index contributed by atoms with van der Waals surface area (Å²) in [6.45, 7) is 4.06. The van der Waals surface area contributed by atoms with Gasteiger partial charge in [-0.25, -0.2) is 0 Å². The lowest BCUT2D eigenvalue weighted by Gasteiger charge is -2.30. The van der Waals surface area contributed by atoms with Crippen molar-refractivity contribution in [3.63, 3.8) is 0 Å². The molecular weight excluding hydrogens is 263 g/mol. The second-order valence-corrected chi connectivity index (χ2v) is 7.02. The van der Waals surface area contributed by atoms with Gasteiger partial charge in [0.2, 0.25) is 5.91 Å². The maximum atomic E-state index is 12.5. The number of likely N-dealkylation sites (tertiary alicyclic amines) is 1. The van der Waals surface area contributed by atoms with E-state index >= 15 is 0 Å². The molecule has 0 bridgehead atoms. The maximum absolute atomic E-state index is 12.5. The first-order valence-corrected chi connectivity index (χ1v) is 7.28. The zero-order chi connectivity index (χ0) is 13.6. The van der Waals surface area contributed by atoms with Crippen LogP contribution >= 0.6 is 11.8 Å². The van der Waals surface area contributed by atoms with E-state index in [1.807, 2.05) is 11.8 Å². The Bertz CT molecular complexity index is 331. The lowest BCUT2D eigenvalue weighted by molar-refractivity contribution is -0.169. The number of carbonyl (C=O) groups excluding carboxylic acids is 1. The Balaban J connectivity index is 1.99. The van der Waals surface area contributed by atoms with Gasteiger partial charge in [-0.3, -0.25) is 4.79 Å². The second-order valence-electron chi connectivity index (χ2n) is 5.94. The molecule has 2 rings (SSSR count). The fourth-order valence-corrected chi connectivity index (χ4v) is 4.35. The number of rotatable bonds is 2. The van der Waals surface area contributed by atoms with E-state index < -0.39 is 18.0 Å². The van der Waals surface area contributed by atoms with Gasteiger partial charge in [-0.2, -0.15) is 24.9 Å². The smallest absolute Gasteiger partial charge is 0.342 e. The SMILES string of the molecule is CC(C)(CC(F)(F)F)C(=O)N1C[C@H]2CSC[C@H]2C1. The van der Waals surface area contributed by atoms with Gasteiger partial charge in [-0.15, -0.1) is 0 Å². The Labute approximate surface area is 109 Å². The van der Waals surface area contributed by atoms with Crippen molar-refractivity contribution >= 4 is 17.7 Å². The minimum absolute atomic E-state index is 0.348. The summed E-state index contributed by atoms with van der Waals surface area (Å²) in [5, 5.41) is 0. The summed E-state index contributed by atoms with van der Waals surface area (Å²) < 4.78 is 37.4. The van der Waals surface area contributed by atoms with E-state index in [1.165, 1.54) is 13.8 Å². The number of alkyl halides is 3. The van der Waals surface area contributed by atoms with E-state index in [0.29, 0.717) is 24.9 Å². The van der Waals surface area contributed by atoms with Gasteiger partial charge >= 0.3 is 6.18 Å². The molecule has 0 radical (unpaired) electrons. The molecule has 0 aromatic heterocycles. The van der Waals surface area contributed by atoms with Crippen molar-refractivity contribution in [1.82, 2.24) is 4.90 Å². The van der Waals surface area contributed by atoms with Crippen LogP contribution in [0.5, 0.6) is 0 Å². The third-order valence-corrected chi connectivity index (χ3v) is 5.08. The highest BCUT2D eigenvalue weighted by Crippen LogP contribution is 2.40. The number of thioether (sulfide) groups is 1. The summed E-state index contributed by atoms with van der Waals surface area (Å²) >= 11 is 1.88. The van der Waals surface area contributed by atoms with Crippen molar-refractivity contribution < 1.29 is 18.0 Å². The molecule has 2 fully saturated rings. The average molecular weight is 281 g/mol. The van der Waals surface area contributed by atoms with Gasteiger partial charge in [0.1, 0.15) is 0 Å². The van der Waals surface area contributed by atoms with Crippen LogP contribution < -0.4 is 0 Å². The molecule has 2 saturated heterocycles. The Hall–Kier alpha value is -0.390. The van der Waals surface area contributed by atoms with Gasteiger partial charge in [0.25, 0.3) is 0 Å². The number of hydrogen-bond donors (Lipinski definition) is 0. The summed E-state index contributed by atoms with van der Waals surface area (Å²) in [6, 6.07) is 0. The van der Waals surface area contributed by atoms with Crippen LogP contribution in [0.3, 0.4) is 0 Å². The molecule has 2 nitrogen and oxygen atoms in total. The predicted octanol–water partition coefficient (Wildman–Crippen LogP) is 2.79. The normalized spacial score (nSPS) is 28.6. The summed E-state index contributed by atoms with van der Waals surface area (Å²) in [4.78, 5) is 13.8. The van der Waals surface area contributed by atoms with Crippen molar-refractivity contribution in [2.45, 2.75) is 26.4 Å². The third-order valence-electron chi connectivity index (χ3n) is 3.75. The van der Waals surface area contributed by atoms with Crippen LogP contribution in [0.4, 0.5) is 13.2 Å². The standard InChI is InChI=1S/C12H18F3NOS/c1-11(2,7-12(13,14)15)10(17)16-3-8-5-18-6-9(8)4-16/h8-9H,3-7H2,1-2H3/t8-,9+. The minimum Gasteiger partial charge on any atom is -0.342 e. The van der Waals surface area contributed by atoms with Crippen LogP contribution in [0.25, 0.3) is 0 Å². The predicted molar refractivity (Wildman–Crippen MR) is 65.3 cm³/mol. The lowest BCUT2D eigenvalue weighted by atomic mass is 9.87. The molecule has 18 heavy (non-hydrogen) atoms. The maximum Gasteiger partial charge on any atom is 0.390 e. The zero-order valence-electron chi connectivity index (χ0n) is 10.6. The van der Waals surface area contributed by atoms with Crippen LogP contribution in [0.2, 0.25) is 0 Å². The molecular formula is C12H18F3NOS. The molecule has 0 aromatic rings. The molecule has 0 saturated carbocycles. The highest BCUT2D eigenvalue weighted by molar-refractivity contribution is 7.99. The van der Waals surface area contributed by atoms with Crippen LogP contribution in [0.15, 0.2) is 0 Å². The van der Waals surface area contributed by atoms with E-state index in [4.69, 9.17) is 0 Å². The van der Waals surface area contributed by atoms with Crippen LogP contribution in [-0.2, 0) is 4.79 Å². The van der Waals surface area contributed by atoms with E-state index in [-0.39, 0.29) is 5.91 Å². The first kappa shape index (κ1) is 14.0. The third kappa shape index (κ3) is 2.95. The van der Waals surface area contributed by atoms with Gasteiger partial charge in [-0.05, 0) is 23.3 Å². The Morgan fingerprint density at radius 2 is 1.72 bits per heavy atom. The number of fused-ring (bicyclic) bond motifs is 1. The Kier molecular flexibility index (Phi) is 3.60. The largest absolute Gasteiger partial charge is 0.390 e. The number of nitrogens with zero attached hydrogens (tertiary/aromatic N) is 1. The van der Waals surface area contributed by atoms with Gasteiger partial charge in [0.15, 0.2) is 0 Å². The van der Waals surface area contributed by atoms with Gasteiger partial charge < -0.3 is 4.90 Å². The molecule has 2 heterocycles.